The van der Waals surface area contributed by atoms with Crippen molar-refractivity contribution in [2.45, 2.75) is 26.3 Å². The van der Waals surface area contributed by atoms with E-state index in [1.807, 2.05) is 31.2 Å². The van der Waals surface area contributed by atoms with Gasteiger partial charge >= 0.3 is 11.3 Å². The van der Waals surface area contributed by atoms with Crippen LogP contribution in [0.4, 0.5) is 0 Å². The molecule has 0 unspecified atom stereocenters. The lowest BCUT2D eigenvalue weighted by Gasteiger charge is -2.09. The van der Waals surface area contributed by atoms with Gasteiger partial charge < -0.3 is 8.83 Å². The Morgan fingerprint density at radius 1 is 0.708 bits per heavy atom. The Hall–Kier alpha value is -6.49. The monoisotopic (exact) mass is 637 g/mol. The number of rotatable bonds is 7. The van der Waals surface area contributed by atoms with Gasteiger partial charge in [-0.3, -0.25) is 9.59 Å². The van der Waals surface area contributed by atoms with Gasteiger partial charge in [0.05, 0.1) is 17.7 Å². The molecule has 1 amide bonds. The highest BCUT2D eigenvalue weighted by Crippen LogP contribution is 2.24. The Balaban J connectivity index is 1.26. The van der Waals surface area contributed by atoms with Crippen LogP contribution in [0.3, 0.4) is 0 Å². The number of tetrazole rings is 1. The molecule has 7 rings (SSSR count). The number of nitrogens with zero attached hydrogens (tertiary/aromatic N) is 5. The molecule has 0 saturated carbocycles. The minimum Gasteiger partial charge on any atom is -0.422 e. The SMILES string of the molecule is CCCCn1nnc(=NC(=O)c2cccc(-c3cc4ccccc4oc3=O)c2)n1C(=O)c1cccc(-c2cc3ccccc3oc2=O)c1. The summed E-state index contributed by atoms with van der Waals surface area (Å²) in [4.78, 5) is 58.7. The second kappa shape index (κ2) is 12.7. The molecule has 11 heteroatoms. The summed E-state index contributed by atoms with van der Waals surface area (Å²) < 4.78 is 12.1. The summed E-state index contributed by atoms with van der Waals surface area (Å²) in [5, 5.41) is 9.68. The van der Waals surface area contributed by atoms with Crippen LogP contribution in [0.25, 0.3) is 44.2 Å². The molecule has 7 aromatic rings. The van der Waals surface area contributed by atoms with E-state index in [2.05, 4.69) is 15.3 Å². The van der Waals surface area contributed by atoms with Gasteiger partial charge in [-0.15, -0.1) is 0 Å². The van der Waals surface area contributed by atoms with Crippen LogP contribution in [-0.4, -0.2) is 31.6 Å². The first kappa shape index (κ1) is 30.2. The molecular formula is C37H27N5O6. The van der Waals surface area contributed by atoms with Crippen molar-refractivity contribution in [3.05, 3.63) is 147 Å². The minimum absolute atomic E-state index is 0.173. The van der Waals surface area contributed by atoms with Crippen molar-refractivity contribution in [1.82, 2.24) is 19.8 Å². The van der Waals surface area contributed by atoms with E-state index < -0.39 is 23.1 Å². The summed E-state index contributed by atoms with van der Waals surface area (Å²) in [5.41, 5.74) is 1.57. The molecule has 0 fully saturated rings. The molecule has 0 saturated heterocycles. The van der Waals surface area contributed by atoms with Crippen molar-refractivity contribution in [2.75, 3.05) is 0 Å². The molecular weight excluding hydrogens is 610 g/mol. The molecule has 3 heterocycles. The van der Waals surface area contributed by atoms with Gasteiger partial charge in [-0.2, -0.15) is 14.5 Å². The zero-order valence-corrected chi connectivity index (χ0v) is 25.7. The van der Waals surface area contributed by atoms with E-state index in [0.717, 1.165) is 21.9 Å². The van der Waals surface area contributed by atoms with E-state index >= 15 is 0 Å². The molecule has 4 aromatic carbocycles. The number of hydrogen-bond donors (Lipinski definition) is 0. The van der Waals surface area contributed by atoms with Crippen LogP contribution in [0.2, 0.25) is 0 Å². The molecule has 11 nitrogen and oxygen atoms in total. The lowest BCUT2D eigenvalue weighted by molar-refractivity contribution is 0.0913. The van der Waals surface area contributed by atoms with Crippen molar-refractivity contribution >= 4 is 33.8 Å². The normalized spacial score (nSPS) is 11.7. The van der Waals surface area contributed by atoms with Crippen molar-refractivity contribution in [3.8, 4) is 22.3 Å². The third-order valence-electron chi connectivity index (χ3n) is 7.89. The number of unbranched alkanes of at least 4 members (excludes halogenated alkanes) is 1. The maximum Gasteiger partial charge on any atom is 0.344 e. The number of fused-ring (bicyclic) bond motifs is 2. The Kier molecular flexibility index (Phi) is 8.00. The summed E-state index contributed by atoms with van der Waals surface area (Å²) >= 11 is 0. The average Bonchev–Trinajstić information content (AvgIpc) is 3.51. The van der Waals surface area contributed by atoms with E-state index in [1.165, 1.54) is 4.80 Å². The van der Waals surface area contributed by atoms with E-state index in [4.69, 9.17) is 8.83 Å². The van der Waals surface area contributed by atoms with Crippen LogP contribution in [0, 0.1) is 0 Å². The first-order valence-corrected chi connectivity index (χ1v) is 15.3. The highest BCUT2D eigenvalue weighted by atomic mass is 16.4. The first-order chi connectivity index (χ1) is 23.4. The van der Waals surface area contributed by atoms with Gasteiger partial charge in [0.2, 0.25) is 0 Å². The van der Waals surface area contributed by atoms with Crippen LogP contribution in [0.1, 0.15) is 40.5 Å². The molecule has 0 aliphatic carbocycles. The molecule has 236 valence electrons. The van der Waals surface area contributed by atoms with E-state index in [-0.39, 0.29) is 16.7 Å². The number of hydrogen-bond acceptors (Lipinski definition) is 8. The molecule has 0 aliphatic heterocycles. The second-order valence-corrected chi connectivity index (χ2v) is 11.1. The molecule has 3 aromatic heterocycles. The van der Waals surface area contributed by atoms with Gasteiger partial charge in [0.1, 0.15) is 11.2 Å². The standard InChI is InChI=1S/C37H27N5O6/c1-2-3-18-41-40-39-37(38-33(43)27-14-8-12-23(19-27)29-21-25-10-4-6-16-31(25)47-35(29)45)42(41)34(44)28-15-9-13-24(20-28)30-22-26-11-5-7-17-32(26)48-36(30)46/h4-17,19-22H,2-3,18H2,1H3. The zero-order valence-electron chi connectivity index (χ0n) is 25.7. The van der Waals surface area contributed by atoms with Crippen LogP contribution in [-0.2, 0) is 6.54 Å². The lowest BCUT2D eigenvalue weighted by Crippen LogP contribution is -2.33. The Labute approximate surface area is 272 Å². The summed E-state index contributed by atoms with van der Waals surface area (Å²) in [6.45, 7) is 2.35. The van der Waals surface area contributed by atoms with Crippen LogP contribution in [0.5, 0.6) is 0 Å². The average molecular weight is 638 g/mol. The largest absolute Gasteiger partial charge is 0.422 e. The fourth-order valence-corrected chi connectivity index (χ4v) is 5.43. The molecule has 0 radical (unpaired) electrons. The lowest BCUT2D eigenvalue weighted by atomic mass is 10.0. The van der Waals surface area contributed by atoms with Gasteiger partial charge in [0.25, 0.3) is 17.4 Å². The number of amides is 1. The van der Waals surface area contributed by atoms with Gasteiger partial charge in [0, 0.05) is 21.9 Å². The van der Waals surface area contributed by atoms with E-state index in [9.17, 15) is 19.2 Å². The smallest absolute Gasteiger partial charge is 0.344 e. The van der Waals surface area contributed by atoms with Gasteiger partial charge in [-0.05, 0) is 71.3 Å². The van der Waals surface area contributed by atoms with Crippen LogP contribution < -0.4 is 16.9 Å². The predicted molar refractivity (Wildman–Crippen MR) is 178 cm³/mol. The number of carbonyl (C=O) groups is 2. The third kappa shape index (κ3) is 5.80. The predicted octanol–water partition coefficient (Wildman–Crippen LogP) is 5.86. The van der Waals surface area contributed by atoms with Gasteiger partial charge in [-0.25, -0.2) is 9.59 Å². The minimum atomic E-state index is -0.686. The number of para-hydroxylation sites is 2. The quantitative estimate of drug-likeness (QED) is 0.156. The van der Waals surface area contributed by atoms with Gasteiger partial charge in [0.15, 0.2) is 0 Å². The summed E-state index contributed by atoms with van der Waals surface area (Å²) in [5.74, 6) is -1.23. The maximum absolute atomic E-state index is 14.0. The fraction of sp³-hybridized carbons (Fsp3) is 0.108. The van der Waals surface area contributed by atoms with E-state index in [1.54, 1.807) is 84.9 Å². The highest BCUT2D eigenvalue weighted by Gasteiger charge is 2.19. The number of carbonyl (C=O) groups excluding carboxylic acids is 2. The number of aromatic nitrogens is 4. The Morgan fingerprint density at radius 2 is 1.27 bits per heavy atom. The fourth-order valence-electron chi connectivity index (χ4n) is 5.43. The Morgan fingerprint density at radius 3 is 1.88 bits per heavy atom. The van der Waals surface area contributed by atoms with Crippen molar-refractivity contribution in [3.63, 3.8) is 0 Å². The topological polar surface area (TPSA) is 143 Å². The highest BCUT2D eigenvalue weighted by molar-refractivity contribution is 5.98. The molecule has 0 atom stereocenters. The molecule has 0 N–H and O–H groups in total. The van der Waals surface area contributed by atoms with Crippen LogP contribution >= 0.6 is 0 Å². The summed E-state index contributed by atoms with van der Waals surface area (Å²) in [7, 11) is 0. The number of aryl methyl sites for hydroxylation is 1. The molecule has 0 aliphatic rings. The Bertz CT molecular complexity index is 2560. The molecule has 0 spiro atoms. The molecule has 48 heavy (non-hydrogen) atoms. The first-order valence-electron chi connectivity index (χ1n) is 15.3. The van der Waals surface area contributed by atoms with Crippen molar-refractivity contribution in [2.24, 2.45) is 4.99 Å². The van der Waals surface area contributed by atoms with Gasteiger partial charge in [-0.1, -0.05) is 79.1 Å². The van der Waals surface area contributed by atoms with Crippen molar-refractivity contribution in [1.29, 1.82) is 0 Å². The summed E-state index contributed by atoms with van der Waals surface area (Å²) in [6.07, 6.45) is 1.51. The third-order valence-corrected chi connectivity index (χ3v) is 7.89. The molecule has 0 bridgehead atoms. The second-order valence-electron chi connectivity index (χ2n) is 11.1. The van der Waals surface area contributed by atoms with E-state index in [0.29, 0.717) is 46.4 Å². The maximum atomic E-state index is 14.0. The zero-order chi connectivity index (χ0) is 33.2. The summed E-state index contributed by atoms with van der Waals surface area (Å²) in [6, 6.07) is 30.8. The van der Waals surface area contributed by atoms with Crippen molar-refractivity contribution < 1.29 is 18.4 Å². The number of benzene rings is 4. The van der Waals surface area contributed by atoms with Crippen LogP contribution in [0.15, 0.2) is 133 Å².